The van der Waals surface area contributed by atoms with Crippen molar-refractivity contribution in [3.63, 3.8) is 0 Å². The summed E-state index contributed by atoms with van der Waals surface area (Å²) in [5.41, 5.74) is -1.36. The van der Waals surface area contributed by atoms with Gasteiger partial charge in [0.25, 0.3) is 0 Å². The summed E-state index contributed by atoms with van der Waals surface area (Å²) in [5.74, 6) is 0.261. The van der Waals surface area contributed by atoms with Crippen molar-refractivity contribution in [3.8, 4) is 11.5 Å². The highest BCUT2D eigenvalue weighted by molar-refractivity contribution is 7.21. The van der Waals surface area contributed by atoms with Crippen molar-refractivity contribution in [1.82, 2.24) is 0 Å². The molecule has 0 saturated heterocycles. The van der Waals surface area contributed by atoms with Gasteiger partial charge in [0.05, 0.1) is 39.6 Å². The van der Waals surface area contributed by atoms with E-state index in [1.54, 1.807) is 20.3 Å². The number of aromatic carboxylic acids is 1. The molecule has 280 valence electrons. The molecule has 0 amide bonds. The summed E-state index contributed by atoms with van der Waals surface area (Å²) in [6.45, 7) is 19.6. The summed E-state index contributed by atoms with van der Waals surface area (Å²) in [5, 5.41) is 39.8. The summed E-state index contributed by atoms with van der Waals surface area (Å²) < 4.78 is 17.7. The van der Waals surface area contributed by atoms with E-state index < -0.39 is 29.0 Å². The third kappa shape index (κ3) is 12.2. The summed E-state index contributed by atoms with van der Waals surface area (Å²) in [6.07, 6.45) is -1.05. The molecule has 0 saturated carbocycles. The fourth-order valence-corrected chi connectivity index (χ4v) is 7.15. The van der Waals surface area contributed by atoms with Gasteiger partial charge in [-0.3, -0.25) is 0 Å². The minimum atomic E-state index is -0.884. The Kier molecular flexibility index (Phi) is 16.0. The second-order valence-corrected chi connectivity index (χ2v) is 17.8. The van der Waals surface area contributed by atoms with Crippen LogP contribution >= 0.6 is 22.7 Å². The number of benzene rings is 2. The number of aliphatic hydroxyl groups is 3. The zero-order valence-electron chi connectivity index (χ0n) is 30.8. The average Bonchev–Trinajstić information content (AvgIpc) is 3.66. The summed E-state index contributed by atoms with van der Waals surface area (Å²) >= 11 is 2.67. The van der Waals surface area contributed by atoms with Gasteiger partial charge < -0.3 is 34.6 Å². The molecule has 9 nitrogen and oxygen atoms in total. The number of rotatable bonds is 9. The van der Waals surface area contributed by atoms with E-state index in [4.69, 9.17) is 24.4 Å². The van der Waals surface area contributed by atoms with Crippen molar-refractivity contribution in [2.24, 2.45) is 21.7 Å². The zero-order chi connectivity index (χ0) is 37.5. The minimum absolute atomic E-state index is 0. The molecular weight excluding hydrogens is 677 g/mol. The van der Waals surface area contributed by atoms with Gasteiger partial charge in [-0.15, -0.1) is 22.7 Å². The molecule has 4 aromatic rings. The molecule has 0 aliphatic rings. The van der Waals surface area contributed by atoms with Crippen LogP contribution in [-0.2, 0) is 4.74 Å². The molecule has 0 bridgehead atoms. The monoisotopic (exact) mass is 734 g/mol. The standard InChI is InChI=1S/C19H26O4S.C10H8O3S.C9H20O2.CH4/c1-18(2,3)17(21)19(4,5)11-23-16(20)15-10-12-9-13(22-6)7-8-14(12)24-15;1-13-7-2-3-8-6(4-7)5-9(14-8)10(11)12;1-8(2,3)7(11)9(4,5)6-10;/h7-10,17,21H,11H2,1-6H3;2-5H,1H3,(H,11,12);7,10-11H,6H2,1-5H3;1H4. The van der Waals surface area contributed by atoms with E-state index in [9.17, 15) is 19.8 Å². The van der Waals surface area contributed by atoms with Crippen molar-refractivity contribution in [2.75, 3.05) is 27.4 Å². The van der Waals surface area contributed by atoms with Crippen LogP contribution in [0, 0.1) is 21.7 Å². The molecule has 2 aromatic heterocycles. The van der Waals surface area contributed by atoms with Crippen LogP contribution < -0.4 is 9.47 Å². The molecule has 2 unspecified atom stereocenters. The molecule has 0 fully saturated rings. The number of ether oxygens (including phenoxy) is 3. The van der Waals surface area contributed by atoms with E-state index in [-0.39, 0.29) is 37.4 Å². The van der Waals surface area contributed by atoms with Crippen molar-refractivity contribution >= 4 is 54.8 Å². The zero-order valence-corrected chi connectivity index (χ0v) is 32.5. The molecule has 50 heavy (non-hydrogen) atoms. The minimum Gasteiger partial charge on any atom is -0.497 e. The van der Waals surface area contributed by atoms with Crippen LogP contribution in [0.4, 0.5) is 0 Å². The molecular formula is C39H58O9S2. The number of hydrogen-bond acceptors (Lipinski definition) is 10. The highest BCUT2D eigenvalue weighted by Gasteiger charge is 2.38. The van der Waals surface area contributed by atoms with Gasteiger partial charge in [0.1, 0.15) is 21.3 Å². The van der Waals surface area contributed by atoms with Crippen LogP contribution in [0.15, 0.2) is 48.5 Å². The van der Waals surface area contributed by atoms with Gasteiger partial charge in [-0.05, 0) is 70.1 Å². The maximum absolute atomic E-state index is 12.4. The molecule has 4 rings (SSSR count). The molecule has 0 aliphatic heterocycles. The second kappa shape index (κ2) is 17.8. The Morgan fingerprint density at radius 1 is 0.680 bits per heavy atom. The first-order valence-corrected chi connectivity index (χ1v) is 17.6. The van der Waals surface area contributed by atoms with Crippen LogP contribution in [0.25, 0.3) is 20.2 Å². The number of thiophene rings is 2. The topological polar surface area (TPSA) is 143 Å². The first-order chi connectivity index (χ1) is 22.5. The van der Waals surface area contributed by atoms with Gasteiger partial charge in [0, 0.05) is 20.2 Å². The lowest BCUT2D eigenvalue weighted by atomic mass is 9.73. The van der Waals surface area contributed by atoms with Crippen molar-refractivity contribution in [2.45, 2.75) is 88.9 Å². The van der Waals surface area contributed by atoms with Gasteiger partial charge in [-0.25, -0.2) is 9.59 Å². The SMILES string of the molecule is C.CC(C)(C)C(O)C(C)(C)CO.COc1ccc2sc(C(=O)O)cc2c1.COc1ccc2sc(C(=O)OCC(C)(C)C(O)C(C)(C)C)cc2c1. The van der Waals surface area contributed by atoms with Crippen LogP contribution in [-0.4, -0.2) is 72.0 Å². The van der Waals surface area contributed by atoms with Gasteiger partial charge >= 0.3 is 11.9 Å². The molecule has 0 aliphatic carbocycles. The summed E-state index contributed by atoms with van der Waals surface area (Å²) in [7, 11) is 3.21. The summed E-state index contributed by atoms with van der Waals surface area (Å²) in [4.78, 5) is 24.0. The second-order valence-electron chi connectivity index (χ2n) is 15.6. The van der Waals surface area contributed by atoms with Crippen LogP contribution in [0.5, 0.6) is 11.5 Å². The number of hydrogen-bond donors (Lipinski definition) is 4. The lowest BCUT2D eigenvalue weighted by Gasteiger charge is -2.38. The number of carbonyl (C=O) groups is 2. The third-order valence-electron chi connectivity index (χ3n) is 7.96. The maximum Gasteiger partial charge on any atom is 0.348 e. The van der Waals surface area contributed by atoms with Crippen molar-refractivity contribution < 1.29 is 44.2 Å². The van der Waals surface area contributed by atoms with E-state index in [2.05, 4.69) is 0 Å². The van der Waals surface area contributed by atoms with E-state index in [1.807, 2.05) is 112 Å². The van der Waals surface area contributed by atoms with E-state index >= 15 is 0 Å². The smallest absolute Gasteiger partial charge is 0.348 e. The van der Waals surface area contributed by atoms with Crippen molar-refractivity contribution in [3.05, 3.63) is 58.3 Å². The van der Waals surface area contributed by atoms with Gasteiger partial charge in [-0.2, -0.15) is 0 Å². The van der Waals surface area contributed by atoms with Gasteiger partial charge in [0.2, 0.25) is 0 Å². The van der Waals surface area contributed by atoms with E-state index in [0.717, 1.165) is 31.7 Å². The molecule has 2 atom stereocenters. The number of esters is 1. The molecule has 4 N–H and O–H groups in total. The molecule has 0 spiro atoms. The highest BCUT2D eigenvalue weighted by Crippen LogP contribution is 2.36. The first-order valence-electron chi connectivity index (χ1n) is 16.0. The van der Waals surface area contributed by atoms with Gasteiger partial charge in [0.15, 0.2) is 0 Å². The Bertz CT molecular complexity index is 1690. The fourth-order valence-electron chi connectivity index (χ4n) is 5.34. The fraction of sp³-hybridized carbons (Fsp3) is 0.538. The number of aliphatic hydroxyl groups excluding tert-OH is 3. The number of fused-ring (bicyclic) bond motifs is 2. The molecule has 0 radical (unpaired) electrons. The normalized spacial score (nSPS) is 13.2. The Hall–Kier alpha value is -3.22. The Morgan fingerprint density at radius 3 is 1.44 bits per heavy atom. The van der Waals surface area contributed by atoms with E-state index in [0.29, 0.717) is 9.75 Å². The van der Waals surface area contributed by atoms with Crippen LogP contribution in [0.1, 0.15) is 96.0 Å². The predicted octanol–water partition coefficient (Wildman–Crippen LogP) is 9.16. The highest BCUT2D eigenvalue weighted by atomic mass is 32.1. The van der Waals surface area contributed by atoms with E-state index in [1.165, 1.54) is 22.7 Å². The summed E-state index contributed by atoms with van der Waals surface area (Å²) in [6, 6.07) is 14.7. The lowest BCUT2D eigenvalue weighted by molar-refractivity contribution is -0.0632. The van der Waals surface area contributed by atoms with Crippen molar-refractivity contribution in [1.29, 1.82) is 0 Å². The molecule has 2 aromatic carbocycles. The van der Waals surface area contributed by atoms with Crippen LogP contribution in [0.2, 0.25) is 0 Å². The Labute approximate surface area is 305 Å². The quantitative estimate of drug-likeness (QED) is 0.124. The largest absolute Gasteiger partial charge is 0.497 e. The number of carboxylic acids is 1. The first kappa shape index (κ1) is 44.8. The molecule has 2 heterocycles. The van der Waals surface area contributed by atoms with Gasteiger partial charge in [-0.1, -0.05) is 76.7 Å². The Balaban J connectivity index is 0.000000409. The average molecular weight is 735 g/mol. The maximum atomic E-state index is 12.4. The number of carboxylic acid groups (broad SMARTS) is 1. The lowest BCUT2D eigenvalue weighted by Crippen LogP contribution is -2.43. The van der Waals surface area contributed by atoms with Crippen LogP contribution in [0.3, 0.4) is 0 Å². The number of carbonyl (C=O) groups excluding carboxylic acids is 1. The Morgan fingerprint density at radius 2 is 1.08 bits per heavy atom. The number of methoxy groups -OCH3 is 2. The predicted molar refractivity (Wildman–Crippen MR) is 206 cm³/mol. The molecule has 11 heteroatoms. The third-order valence-corrected chi connectivity index (χ3v) is 10.2.